The highest BCUT2D eigenvalue weighted by Crippen LogP contribution is 2.22. The van der Waals surface area contributed by atoms with Crippen LogP contribution in [0.4, 0.5) is 10.5 Å². The number of hydrogen-bond acceptors (Lipinski definition) is 4. The molecule has 0 aliphatic heterocycles. The Kier molecular flexibility index (Phi) is 9.04. The second-order valence-electron chi connectivity index (χ2n) is 5.50. The molecule has 3 N–H and O–H groups in total. The zero-order valence-electron chi connectivity index (χ0n) is 14.0. The van der Waals surface area contributed by atoms with Gasteiger partial charge in [-0.15, -0.1) is 0 Å². The highest BCUT2D eigenvalue weighted by molar-refractivity contribution is 5.92. The molecule has 0 heterocycles. The van der Waals surface area contributed by atoms with E-state index < -0.39 is 17.8 Å². The Labute approximate surface area is 142 Å². The van der Waals surface area contributed by atoms with E-state index in [1.165, 1.54) is 50.5 Å². The van der Waals surface area contributed by atoms with Crippen LogP contribution < -0.4 is 5.32 Å². The van der Waals surface area contributed by atoms with Crippen LogP contribution in [-0.2, 0) is 4.74 Å². The summed E-state index contributed by atoms with van der Waals surface area (Å²) in [7, 11) is 0. The number of carbonyl (C=O) groups excluding carboxylic acids is 1. The number of carboxylic acids is 1. The van der Waals surface area contributed by atoms with Gasteiger partial charge in [0.05, 0.1) is 6.26 Å². The highest BCUT2D eigenvalue weighted by Gasteiger charge is 2.10. The van der Waals surface area contributed by atoms with Gasteiger partial charge in [0.2, 0.25) is 0 Å². The molecule has 0 aromatic heterocycles. The summed E-state index contributed by atoms with van der Waals surface area (Å²) in [5.41, 5.74) is 0.0274. The molecular formula is C18H25NO5. The first-order valence-electron chi connectivity index (χ1n) is 8.23. The molecule has 1 aromatic rings. The number of nitrogens with one attached hydrogen (secondary N) is 1. The number of hydrogen-bond donors (Lipinski definition) is 3. The highest BCUT2D eigenvalue weighted by atomic mass is 16.5. The number of unbranched alkanes of at least 4 members (excludes halogenated alkanes) is 6. The van der Waals surface area contributed by atoms with Crippen molar-refractivity contribution in [3.05, 3.63) is 36.1 Å². The van der Waals surface area contributed by atoms with E-state index in [-0.39, 0.29) is 11.3 Å². The van der Waals surface area contributed by atoms with E-state index >= 15 is 0 Å². The van der Waals surface area contributed by atoms with Crippen molar-refractivity contribution in [3.8, 4) is 5.75 Å². The zero-order chi connectivity index (χ0) is 17.8. The summed E-state index contributed by atoms with van der Waals surface area (Å²) in [6.07, 6.45) is 10.6. The second-order valence-corrected chi connectivity index (χ2v) is 5.50. The fourth-order valence-corrected chi connectivity index (χ4v) is 2.16. The Balaban J connectivity index is 2.25. The van der Waals surface area contributed by atoms with E-state index in [1.807, 2.05) is 0 Å². The minimum absolute atomic E-state index is 0.229. The molecule has 1 aromatic carbocycles. The standard InChI is InChI=1S/C18H25NO5/c1-2-3-4-5-6-7-8-9-12-24-18(23)19-14-10-11-15(17(21)22)16(20)13-14/h9-13,20H,2-8H2,1H3,(H,19,23)(H,21,22)/b12-9+. The van der Waals surface area contributed by atoms with E-state index in [2.05, 4.69) is 12.2 Å². The van der Waals surface area contributed by atoms with E-state index in [0.29, 0.717) is 0 Å². The van der Waals surface area contributed by atoms with Gasteiger partial charge in [-0.05, 0) is 31.1 Å². The molecule has 1 rings (SSSR count). The number of amides is 1. The fraction of sp³-hybridized carbons (Fsp3) is 0.444. The lowest BCUT2D eigenvalue weighted by Gasteiger charge is -2.05. The summed E-state index contributed by atoms with van der Waals surface area (Å²) < 4.78 is 4.88. The van der Waals surface area contributed by atoms with Crippen molar-refractivity contribution >= 4 is 17.7 Å². The number of allylic oxidation sites excluding steroid dienone is 1. The zero-order valence-corrected chi connectivity index (χ0v) is 14.0. The quantitative estimate of drug-likeness (QED) is 0.417. The average Bonchev–Trinajstić information content (AvgIpc) is 2.53. The molecule has 24 heavy (non-hydrogen) atoms. The molecule has 132 valence electrons. The number of carbonyl (C=O) groups is 2. The van der Waals surface area contributed by atoms with Crippen molar-refractivity contribution in [3.63, 3.8) is 0 Å². The molecule has 0 bridgehead atoms. The van der Waals surface area contributed by atoms with E-state index in [9.17, 15) is 14.7 Å². The van der Waals surface area contributed by atoms with Crippen LogP contribution in [0, 0.1) is 0 Å². The average molecular weight is 335 g/mol. The van der Waals surface area contributed by atoms with Crippen molar-refractivity contribution in [2.45, 2.75) is 51.9 Å². The van der Waals surface area contributed by atoms with Crippen molar-refractivity contribution in [2.24, 2.45) is 0 Å². The van der Waals surface area contributed by atoms with Gasteiger partial charge in [0, 0.05) is 11.8 Å². The van der Waals surface area contributed by atoms with Gasteiger partial charge >= 0.3 is 12.1 Å². The molecule has 0 fully saturated rings. The summed E-state index contributed by atoms with van der Waals surface area (Å²) in [5.74, 6) is -1.65. The molecule has 1 amide bonds. The number of ether oxygens (including phenoxy) is 1. The van der Waals surface area contributed by atoms with Crippen LogP contribution in [0.3, 0.4) is 0 Å². The number of carboxylic acid groups (broad SMARTS) is 1. The van der Waals surface area contributed by atoms with Crippen LogP contribution in [0.5, 0.6) is 5.75 Å². The van der Waals surface area contributed by atoms with Crippen molar-refractivity contribution < 1.29 is 24.5 Å². The number of aromatic hydroxyl groups is 1. The number of phenols is 1. The molecular weight excluding hydrogens is 310 g/mol. The van der Waals surface area contributed by atoms with Crippen LogP contribution in [0.25, 0.3) is 0 Å². The molecule has 0 saturated heterocycles. The normalized spacial score (nSPS) is 10.7. The summed E-state index contributed by atoms with van der Waals surface area (Å²) in [6, 6.07) is 3.75. The van der Waals surface area contributed by atoms with Gasteiger partial charge < -0.3 is 14.9 Å². The molecule has 6 heteroatoms. The predicted octanol–water partition coefficient (Wildman–Crippen LogP) is 4.90. The van der Waals surface area contributed by atoms with Gasteiger partial charge in [-0.1, -0.05) is 39.0 Å². The maximum Gasteiger partial charge on any atom is 0.416 e. The van der Waals surface area contributed by atoms with Gasteiger partial charge in [-0.25, -0.2) is 9.59 Å². The summed E-state index contributed by atoms with van der Waals surface area (Å²) in [4.78, 5) is 22.3. The first-order valence-corrected chi connectivity index (χ1v) is 8.23. The van der Waals surface area contributed by atoms with Crippen LogP contribution in [0.15, 0.2) is 30.5 Å². The molecule has 0 atom stereocenters. The largest absolute Gasteiger partial charge is 0.507 e. The smallest absolute Gasteiger partial charge is 0.416 e. The predicted molar refractivity (Wildman–Crippen MR) is 92.3 cm³/mol. The lowest BCUT2D eigenvalue weighted by molar-refractivity contribution is 0.0693. The Morgan fingerprint density at radius 3 is 2.54 bits per heavy atom. The van der Waals surface area contributed by atoms with Crippen LogP contribution in [0.1, 0.15) is 62.2 Å². The van der Waals surface area contributed by atoms with E-state index in [0.717, 1.165) is 18.9 Å². The van der Waals surface area contributed by atoms with Crippen LogP contribution >= 0.6 is 0 Å². The summed E-state index contributed by atoms with van der Waals surface area (Å²) >= 11 is 0. The number of anilines is 1. The molecule has 0 spiro atoms. The van der Waals surface area contributed by atoms with Gasteiger partial charge in [0.1, 0.15) is 11.3 Å². The van der Waals surface area contributed by atoms with Gasteiger partial charge in [-0.2, -0.15) is 0 Å². The molecule has 0 aliphatic carbocycles. The minimum atomic E-state index is -1.24. The molecule has 6 nitrogen and oxygen atoms in total. The third kappa shape index (κ3) is 7.67. The third-order valence-corrected chi connectivity index (χ3v) is 3.47. The van der Waals surface area contributed by atoms with Crippen molar-refractivity contribution in [2.75, 3.05) is 5.32 Å². The number of rotatable bonds is 10. The van der Waals surface area contributed by atoms with E-state index in [1.54, 1.807) is 6.08 Å². The molecule has 0 saturated carbocycles. The van der Waals surface area contributed by atoms with E-state index in [4.69, 9.17) is 9.84 Å². The fourth-order valence-electron chi connectivity index (χ4n) is 2.16. The van der Waals surface area contributed by atoms with Crippen molar-refractivity contribution in [1.29, 1.82) is 0 Å². The first kappa shape index (κ1) is 19.5. The van der Waals surface area contributed by atoms with Crippen LogP contribution in [-0.4, -0.2) is 22.3 Å². The minimum Gasteiger partial charge on any atom is -0.507 e. The summed E-state index contributed by atoms with van der Waals surface area (Å²) in [6.45, 7) is 2.19. The summed E-state index contributed by atoms with van der Waals surface area (Å²) in [5, 5.41) is 20.8. The van der Waals surface area contributed by atoms with Gasteiger partial charge in [0.25, 0.3) is 0 Å². The second kappa shape index (κ2) is 11.1. The topological polar surface area (TPSA) is 95.9 Å². The molecule has 0 unspecified atom stereocenters. The SMILES string of the molecule is CCCCCCCC/C=C/OC(=O)Nc1ccc(C(=O)O)c(O)c1. The molecule has 0 radical (unpaired) electrons. The Morgan fingerprint density at radius 2 is 1.88 bits per heavy atom. The Hall–Kier alpha value is -2.50. The Bertz CT molecular complexity index is 569. The third-order valence-electron chi connectivity index (χ3n) is 3.47. The first-order chi connectivity index (χ1) is 11.5. The molecule has 0 aliphatic rings. The Morgan fingerprint density at radius 1 is 1.17 bits per heavy atom. The number of benzene rings is 1. The van der Waals surface area contributed by atoms with Gasteiger partial charge in [-0.3, -0.25) is 5.32 Å². The maximum atomic E-state index is 11.6. The van der Waals surface area contributed by atoms with Crippen LogP contribution in [0.2, 0.25) is 0 Å². The lowest BCUT2D eigenvalue weighted by Crippen LogP contribution is -2.10. The lowest BCUT2D eigenvalue weighted by atomic mass is 10.1. The number of aromatic carboxylic acids is 1. The monoisotopic (exact) mass is 335 g/mol. The maximum absolute atomic E-state index is 11.6. The van der Waals surface area contributed by atoms with Gasteiger partial charge in [0.15, 0.2) is 0 Å². The van der Waals surface area contributed by atoms with Crippen molar-refractivity contribution in [1.82, 2.24) is 0 Å².